The first kappa shape index (κ1) is 17.4. The molecule has 1 aromatic rings. The summed E-state index contributed by atoms with van der Waals surface area (Å²) in [5.41, 5.74) is 0.725. The molecule has 0 saturated heterocycles. The quantitative estimate of drug-likeness (QED) is 0.591. The molecular formula is C14H16Cl2NO4P. The molecule has 22 heavy (non-hydrogen) atoms. The zero-order valence-electron chi connectivity index (χ0n) is 12.2. The van der Waals surface area contributed by atoms with Crippen LogP contribution in [0.2, 0.25) is 0 Å². The molecule has 8 heteroatoms. The fraction of sp³-hybridized carbons (Fsp3) is 0.357. The lowest BCUT2D eigenvalue weighted by Crippen LogP contribution is -2.39. The Morgan fingerprint density at radius 1 is 1.41 bits per heavy atom. The second kappa shape index (κ2) is 7.05. The zero-order valence-corrected chi connectivity index (χ0v) is 14.6. The van der Waals surface area contributed by atoms with Gasteiger partial charge in [0.25, 0.3) is 5.91 Å². The predicted molar refractivity (Wildman–Crippen MR) is 87.0 cm³/mol. The summed E-state index contributed by atoms with van der Waals surface area (Å²) in [4.78, 5) is 25.4. The minimum absolute atomic E-state index is 0.277. The van der Waals surface area contributed by atoms with Crippen molar-refractivity contribution in [3.63, 3.8) is 0 Å². The molecule has 5 nitrogen and oxygen atoms in total. The first-order chi connectivity index (χ1) is 10.4. The van der Waals surface area contributed by atoms with Gasteiger partial charge in [-0.05, 0) is 31.9 Å². The number of nitrogens with zero attached hydrogens (tertiary/aromatic N) is 1. The van der Waals surface area contributed by atoms with Crippen LogP contribution in [-0.4, -0.2) is 18.9 Å². The van der Waals surface area contributed by atoms with Crippen molar-refractivity contribution < 1.29 is 18.9 Å². The number of methoxy groups -OCH3 is 1. The van der Waals surface area contributed by atoms with Gasteiger partial charge in [-0.1, -0.05) is 12.1 Å². The number of para-hydroxylation sites is 2. The summed E-state index contributed by atoms with van der Waals surface area (Å²) in [6, 6.07) is 6.70. The van der Waals surface area contributed by atoms with E-state index in [1.165, 1.54) is 7.11 Å². The van der Waals surface area contributed by atoms with Crippen LogP contribution in [-0.2, 0) is 9.32 Å². The van der Waals surface area contributed by atoms with Gasteiger partial charge in [0.05, 0.1) is 12.7 Å². The molecule has 0 aromatic heterocycles. The van der Waals surface area contributed by atoms with Gasteiger partial charge in [-0.2, -0.15) is 0 Å². The van der Waals surface area contributed by atoms with E-state index in [2.05, 4.69) is 0 Å². The lowest BCUT2D eigenvalue weighted by molar-refractivity contribution is -0.184. The molecule has 0 saturated carbocycles. The topological polar surface area (TPSA) is 61.8 Å². The van der Waals surface area contributed by atoms with Crippen molar-refractivity contribution in [1.82, 2.24) is 0 Å². The van der Waals surface area contributed by atoms with Crippen LogP contribution in [0.25, 0.3) is 0 Å². The third-order valence-electron chi connectivity index (χ3n) is 3.24. The smallest absolute Gasteiger partial charge is 0.356 e. The Morgan fingerprint density at radius 3 is 2.73 bits per heavy atom. The van der Waals surface area contributed by atoms with Crippen LogP contribution < -0.4 is 14.3 Å². The Kier molecular flexibility index (Phi) is 5.56. The van der Waals surface area contributed by atoms with Gasteiger partial charge in [0, 0.05) is 5.88 Å². The largest absolute Gasteiger partial charge is 0.614 e. The number of carbonyl (C=O) groups is 1. The van der Waals surface area contributed by atoms with Crippen LogP contribution in [0.5, 0.6) is 5.75 Å². The first-order valence-electron chi connectivity index (χ1n) is 6.65. The van der Waals surface area contributed by atoms with Crippen LogP contribution in [0.1, 0.15) is 19.8 Å². The Hall–Kier alpha value is -1.00. The maximum Gasteiger partial charge on any atom is 0.356 e. The maximum absolute atomic E-state index is 12.8. The van der Waals surface area contributed by atoms with Gasteiger partial charge in [-0.25, -0.2) is 0 Å². The van der Waals surface area contributed by atoms with Crippen molar-refractivity contribution in [2.24, 2.45) is 0 Å². The summed E-state index contributed by atoms with van der Waals surface area (Å²) in [7, 11) is -2.39. The first-order valence-corrected chi connectivity index (χ1v) is 9.67. The summed E-state index contributed by atoms with van der Waals surface area (Å²) in [5, 5.41) is 0. The molecule has 0 spiro atoms. The predicted octanol–water partition coefficient (Wildman–Crippen LogP) is 3.63. The van der Waals surface area contributed by atoms with E-state index in [4.69, 9.17) is 32.1 Å². The number of allylic oxidation sites excluding steroid dienone is 1. The lowest BCUT2D eigenvalue weighted by Gasteiger charge is -2.36. The van der Waals surface area contributed by atoms with E-state index in [-0.39, 0.29) is 5.76 Å². The molecule has 0 radical (unpaired) electrons. The van der Waals surface area contributed by atoms with Crippen molar-refractivity contribution in [1.29, 1.82) is 0 Å². The van der Waals surface area contributed by atoms with Crippen molar-refractivity contribution in [2.45, 2.75) is 19.8 Å². The molecule has 1 aromatic carbocycles. The average molecular weight is 364 g/mol. The minimum Gasteiger partial charge on any atom is -0.614 e. The molecule has 0 N–H and O–H groups in total. The number of hydrogen-bond donors (Lipinski definition) is 0. The molecule has 1 aliphatic rings. The molecule has 0 fully saturated rings. The molecule has 1 amide bonds. The highest BCUT2D eigenvalue weighted by atomic mass is 35.7. The van der Waals surface area contributed by atoms with Crippen LogP contribution in [0.3, 0.4) is 0 Å². The third kappa shape index (κ3) is 3.33. The number of hydrogen-bond acceptors (Lipinski definition) is 4. The monoisotopic (exact) mass is 363 g/mol. The number of carbonyl (C=O) groups excluding carboxylic acids is 1. The summed E-state index contributed by atoms with van der Waals surface area (Å²) < 4.78 is 11.5. The SMILES string of the molecule is COc1ccccc1N1C(=O)C(CCCCl)=C(C)O[P+]1([O-])Cl. The highest BCUT2D eigenvalue weighted by molar-refractivity contribution is 7.91. The average Bonchev–Trinajstić information content (AvgIpc) is 2.46. The molecule has 1 aliphatic heterocycles. The molecule has 2 rings (SSSR count). The number of halogens is 2. The summed E-state index contributed by atoms with van der Waals surface area (Å²) in [5.74, 6) is 0.630. The molecule has 0 aliphatic carbocycles. The van der Waals surface area contributed by atoms with E-state index in [9.17, 15) is 9.69 Å². The number of amides is 1. The number of alkyl halides is 1. The van der Waals surface area contributed by atoms with Gasteiger partial charge in [-0.15, -0.1) is 16.3 Å². The number of anilines is 1. The lowest BCUT2D eigenvalue weighted by atomic mass is 10.1. The van der Waals surface area contributed by atoms with Crippen LogP contribution >= 0.6 is 30.1 Å². The second-order valence-corrected chi connectivity index (χ2v) is 7.80. The van der Waals surface area contributed by atoms with Crippen molar-refractivity contribution in [2.75, 3.05) is 17.7 Å². The molecule has 0 bridgehead atoms. The number of rotatable bonds is 5. The fourth-order valence-corrected chi connectivity index (χ4v) is 4.41. The molecule has 1 heterocycles. The van der Waals surface area contributed by atoms with Crippen molar-refractivity contribution in [3.8, 4) is 5.75 Å². The van der Waals surface area contributed by atoms with Gasteiger partial charge in [-0.3, -0.25) is 4.79 Å². The number of ether oxygens (including phenoxy) is 1. The van der Waals surface area contributed by atoms with Crippen molar-refractivity contribution >= 4 is 41.7 Å². The van der Waals surface area contributed by atoms with E-state index in [1.807, 2.05) is 0 Å². The Morgan fingerprint density at radius 2 is 2.09 bits per heavy atom. The maximum atomic E-state index is 12.8. The van der Waals surface area contributed by atoms with E-state index < -0.39 is 13.1 Å². The van der Waals surface area contributed by atoms with Crippen LogP contribution in [0.15, 0.2) is 35.6 Å². The molecule has 120 valence electrons. The van der Waals surface area contributed by atoms with Crippen LogP contribution in [0.4, 0.5) is 5.69 Å². The molecule has 1 unspecified atom stereocenters. The standard InChI is InChI=1S/C14H16Cl2NO4P/c1-10-11(6-5-9-15)14(18)17(22(16,19)21-10)12-7-3-4-8-13(12)20-2/h3-4,7-8H,5-6,9H2,1-2H3. The third-order valence-corrected chi connectivity index (χ3v) is 5.54. The minimum atomic E-state index is -3.86. The summed E-state index contributed by atoms with van der Waals surface area (Å²) >= 11 is 11.7. The van der Waals surface area contributed by atoms with Crippen molar-refractivity contribution in [3.05, 3.63) is 35.6 Å². The van der Waals surface area contributed by atoms with E-state index in [1.54, 1.807) is 31.2 Å². The van der Waals surface area contributed by atoms with E-state index in [0.29, 0.717) is 35.7 Å². The summed E-state index contributed by atoms with van der Waals surface area (Å²) in [6.07, 6.45) is 1.03. The second-order valence-electron chi connectivity index (χ2n) is 4.66. The Bertz CT molecular complexity index is 606. The summed E-state index contributed by atoms with van der Waals surface area (Å²) in [6.45, 7) is 1.58. The fourth-order valence-electron chi connectivity index (χ4n) is 2.22. The Balaban J connectivity index is 2.48. The van der Waals surface area contributed by atoms with Gasteiger partial charge >= 0.3 is 7.22 Å². The van der Waals surface area contributed by atoms with Crippen LogP contribution in [0, 0.1) is 0 Å². The van der Waals surface area contributed by atoms with Gasteiger partial charge in [0.1, 0.15) is 11.4 Å². The van der Waals surface area contributed by atoms with Gasteiger partial charge < -0.3 is 14.2 Å². The Labute approximate surface area is 139 Å². The van der Waals surface area contributed by atoms with Gasteiger partial charge in [0.15, 0.2) is 17.0 Å². The highest BCUT2D eigenvalue weighted by Crippen LogP contribution is 2.66. The molecular weight excluding hydrogens is 348 g/mol. The van der Waals surface area contributed by atoms with E-state index >= 15 is 0 Å². The van der Waals surface area contributed by atoms with E-state index in [0.717, 1.165) is 4.67 Å². The van der Waals surface area contributed by atoms with Gasteiger partial charge in [0.2, 0.25) is 0 Å². The highest BCUT2D eigenvalue weighted by Gasteiger charge is 2.49. The molecule has 1 atom stereocenters. The normalized spacial score (nSPS) is 21.9. The number of benzene rings is 1. The zero-order chi connectivity index (χ0) is 16.3.